The fourth-order valence-corrected chi connectivity index (χ4v) is 9.25. The standard InChI is InChI=1S/C42H47N9O7/c1-24(2)58-35-20-30-26(18-33(35)45-38(53)32-21-44-50-13-3-12-43-37(32)50)23-49(40(30)55)27-10-14-47(15-11-27)22-25-8-16-48(17-9-25)28-4-5-29-31(19-28)42(57)51(41(29)56)34-6-7-36(52)46-39(34)54/h3-5,12-13,18-21,24-25,27,34,42,57H,6-11,14-17,22-23H2,1-2H3,(H,45,53)(H,46,52,54)/t34-,42?/m0/s1. The summed E-state index contributed by atoms with van der Waals surface area (Å²) in [7, 11) is 0. The van der Waals surface area contributed by atoms with Gasteiger partial charge in [0.15, 0.2) is 11.9 Å². The Morgan fingerprint density at radius 3 is 2.53 bits per heavy atom. The predicted molar refractivity (Wildman–Crippen MR) is 211 cm³/mol. The maximum absolute atomic E-state index is 13.8. The summed E-state index contributed by atoms with van der Waals surface area (Å²) in [4.78, 5) is 76.9. The van der Waals surface area contributed by atoms with Crippen molar-refractivity contribution in [1.82, 2.24) is 34.6 Å². The van der Waals surface area contributed by atoms with Gasteiger partial charge in [-0.1, -0.05) is 0 Å². The second-order valence-electron chi connectivity index (χ2n) is 16.3. The first-order chi connectivity index (χ1) is 28.0. The third-order valence-corrected chi connectivity index (χ3v) is 12.3. The minimum Gasteiger partial charge on any atom is -0.489 e. The second-order valence-corrected chi connectivity index (χ2v) is 16.3. The lowest BCUT2D eigenvalue weighted by molar-refractivity contribution is -0.139. The average Bonchev–Trinajstić information content (AvgIpc) is 3.86. The number of imide groups is 1. The summed E-state index contributed by atoms with van der Waals surface area (Å²) >= 11 is 0. The van der Waals surface area contributed by atoms with Gasteiger partial charge < -0.3 is 29.9 Å². The molecule has 5 aliphatic heterocycles. The summed E-state index contributed by atoms with van der Waals surface area (Å²) in [5.41, 5.74) is 4.57. The van der Waals surface area contributed by atoms with E-state index in [0.717, 1.165) is 69.7 Å². The molecule has 0 bridgehead atoms. The molecule has 16 nitrogen and oxygen atoms in total. The van der Waals surface area contributed by atoms with Crippen molar-refractivity contribution in [2.75, 3.05) is 42.9 Å². The SMILES string of the molecule is CC(C)Oc1cc2c(cc1NC(=O)c1cnn3cccnc13)CN(C1CCN(CC3CCN(c4ccc5c(c4)C(O)N([C@H]4CCC(=O)NC4=O)C5=O)CC3)CC1)C2=O. The van der Waals surface area contributed by atoms with Gasteiger partial charge in [-0.15, -0.1) is 0 Å². The predicted octanol–water partition coefficient (Wildman–Crippen LogP) is 3.36. The van der Waals surface area contributed by atoms with Gasteiger partial charge in [-0.3, -0.25) is 34.2 Å². The van der Waals surface area contributed by atoms with Crippen molar-refractivity contribution in [3.63, 3.8) is 0 Å². The number of fused-ring (bicyclic) bond motifs is 3. The molecule has 4 aromatic rings. The fourth-order valence-electron chi connectivity index (χ4n) is 9.25. The number of amides is 5. The molecule has 7 heterocycles. The Bertz CT molecular complexity index is 2310. The van der Waals surface area contributed by atoms with Crippen LogP contribution >= 0.6 is 0 Å². The normalized spacial score (nSPS) is 21.9. The number of hydrogen-bond acceptors (Lipinski definition) is 11. The largest absolute Gasteiger partial charge is 0.489 e. The molecule has 5 amide bonds. The van der Waals surface area contributed by atoms with Crippen LogP contribution in [0.5, 0.6) is 5.75 Å². The second kappa shape index (κ2) is 15.1. The number of piperidine rings is 3. The smallest absolute Gasteiger partial charge is 0.261 e. The Hall–Kier alpha value is -5.87. The Morgan fingerprint density at radius 2 is 1.78 bits per heavy atom. The van der Waals surface area contributed by atoms with Gasteiger partial charge in [-0.2, -0.15) is 5.10 Å². The average molecular weight is 790 g/mol. The van der Waals surface area contributed by atoms with Gasteiger partial charge in [0.2, 0.25) is 11.8 Å². The monoisotopic (exact) mass is 789 g/mol. The Morgan fingerprint density at radius 1 is 0.983 bits per heavy atom. The molecule has 2 atom stereocenters. The maximum Gasteiger partial charge on any atom is 0.261 e. The van der Waals surface area contributed by atoms with Gasteiger partial charge in [0, 0.05) is 86.5 Å². The lowest BCUT2D eigenvalue weighted by Gasteiger charge is -2.40. The van der Waals surface area contributed by atoms with Crippen molar-refractivity contribution < 1.29 is 33.8 Å². The highest BCUT2D eigenvalue weighted by Crippen LogP contribution is 2.39. The Kier molecular flexibility index (Phi) is 9.84. The summed E-state index contributed by atoms with van der Waals surface area (Å²) < 4.78 is 7.65. The minimum absolute atomic E-state index is 0.00810. The number of benzene rings is 2. The number of aliphatic hydroxyl groups is 1. The summed E-state index contributed by atoms with van der Waals surface area (Å²) in [5, 5.41) is 20.7. The van der Waals surface area contributed by atoms with E-state index >= 15 is 0 Å². The van der Waals surface area contributed by atoms with Crippen LogP contribution in [0, 0.1) is 5.92 Å². The summed E-state index contributed by atoms with van der Waals surface area (Å²) in [5.74, 6) is -0.715. The molecule has 1 unspecified atom stereocenters. The summed E-state index contributed by atoms with van der Waals surface area (Å²) in [6.07, 6.45) is 7.51. The number of aliphatic hydroxyl groups excluding tert-OH is 1. The quantitative estimate of drug-likeness (QED) is 0.212. The molecular weight excluding hydrogens is 743 g/mol. The van der Waals surface area contributed by atoms with Crippen molar-refractivity contribution in [3.8, 4) is 5.75 Å². The van der Waals surface area contributed by atoms with Crippen molar-refractivity contribution in [1.29, 1.82) is 0 Å². The molecule has 5 aliphatic rings. The lowest BCUT2D eigenvalue weighted by Crippen LogP contribution is -2.53. The maximum atomic E-state index is 13.8. The van der Waals surface area contributed by atoms with Crippen LogP contribution in [0.4, 0.5) is 11.4 Å². The highest BCUT2D eigenvalue weighted by atomic mass is 16.5. The van der Waals surface area contributed by atoms with Crippen LogP contribution in [0.1, 0.15) is 101 Å². The molecule has 3 N–H and O–H groups in total. The molecule has 3 saturated heterocycles. The van der Waals surface area contributed by atoms with E-state index in [1.165, 1.54) is 11.1 Å². The molecule has 0 saturated carbocycles. The number of nitrogens with one attached hydrogen (secondary N) is 2. The molecule has 2 aromatic heterocycles. The molecule has 0 aliphatic carbocycles. The minimum atomic E-state index is -1.24. The van der Waals surface area contributed by atoms with Crippen LogP contribution < -0.4 is 20.3 Å². The zero-order valence-corrected chi connectivity index (χ0v) is 32.6. The van der Waals surface area contributed by atoms with Crippen molar-refractivity contribution in [3.05, 3.63) is 82.8 Å². The molecule has 9 rings (SSSR count). The molecular formula is C42H47N9O7. The number of likely N-dealkylation sites (tertiary alicyclic amines) is 1. The highest BCUT2D eigenvalue weighted by molar-refractivity contribution is 6.09. The zero-order valence-electron chi connectivity index (χ0n) is 32.6. The van der Waals surface area contributed by atoms with Gasteiger partial charge in [0.1, 0.15) is 17.4 Å². The lowest BCUT2D eigenvalue weighted by atomic mass is 9.94. The van der Waals surface area contributed by atoms with E-state index in [9.17, 15) is 29.1 Å². The molecule has 2 aromatic carbocycles. The van der Waals surface area contributed by atoms with E-state index in [4.69, 9.17) is 4.74 Å². The van der Waals surface area contributed by atoms with Gasteiger partial charge in [0.25, 0.3) is 17.7 Å². The van der Waals surface area contributed by atoms with Crippen LogP contribution in [0.3, 0.4) is 0 Å². The number of rotatable bonds is 9. The first-order valence-corrected chi connectivity index (χ1v) is 20.2. The molecule has 3 fully saturated rings. The van der Waals surface area contributed by atoms with E-state index in [1.807, 2.05) is 36.9 Å². The molecule has 16 heteroatoms. The summed E-state index contributed by atoms with van der Waals surface area (Å²) in [6.45, 7) is 8.79. The number of carbonyl (C=O) groups excluding carboxylic acids is 5. The van der Waals surface area contributed by atoms with Crippen LogP contribution in [0.25, 0.3) is 5.65 Å². The van der Waals surface area contributed by atoms with Crippen LogP contribution in [-0.4, -0.2) is 115 Å². The highest BCUT2D eigenvalue weighted by Gasteiger charge is 2.45. The Balaban J connectivity index is 0.784. The van der Waals surface area contributed by atoms with Gasteiger partial charge in [-0.25, -0.2) is 9.50 Å². The number of nitrogens with zero attached hydrogens (tertiary/aromatic N) is 7. The van der Waals surface area contributed by atoms with Crippen LogP contribution in [-0.2, 0) is 16.1 Å². The van der Waals surface area contributed by atoms with Crippen molar-refractivity contribution in [2.24, 2.45) is 5.92 Å². The molecule has 0 radical (unpaired) electrons. The van der Waals surface area contributed by atoms with Crippen LogP contribution in [0.2, 0.25) is 0 Å². The topological polar surface area (TPSA) is 182 Å². The fraction of sp³-hybridized carbons (Fsp3) is 0.452. The third kappa shape index (κ3) is 6.93. The van der Waals surface area contributed by atoms with Gasteiger partial charge in [-0.05, 0) is 93.8 Å². The molecule has 302 valence electrons. The van der Waals surface area contributed by atoms with E-state index in [2.05, 4.69) is 30.5 Å². The summed E-state index contributed by atoms with van der Waals surface area (Å²) in [6, 6.07) is 10.1. The molecule has 58 heavy (non-hydrogen) atoms. The first kappa shape index (κ1) is 37.7. The molecule has 0 spiro atoms. The number of ether oxygens (including phenoxy) is 1. The van der Waals surface area contributed by atoms with Gasteiger partial charge in [0.05, 0.1) is 18.0 Å². The van der Waals surface area contributed by atoms with E-state index in [1.54, 1.807) is 35.1 Å². The third-order valence-electron chi connectivity index (χ3n) is 12.3. The van der Waals surface area contributed by atoms with Crippen molar-refractivity contribution >= 4 is 46.6 Å². The zero-order chi connectivity index (χ0) is 40.2. The van der Waals surface area contributed by atoms with E-state index < -0.39 is 24.1 Å². The number of aromatic nitrogens is 3. The van der Waals surface area contributed by atoms with E-state index in [0.29, 0.717) is 51.8 Å². The van der Waals surface area contributed by atoms with Crippen LogP contribution in [0.15, 0.2) is 55.0 Å². The number of anilines is 2. The number of hydrogen-bond donors (Lipinski definition) is 3. The first-order valence-electron chi connectivity index (χ1n) is 20.2. The van der Waals surface area contributed by atoms with E-state index in [-0.39, 0.29) is 42.7 Å². The van der Waals surface area contributed by atoms with Crippen molar-refractivity contribution in [2.45, 2.75) is 83.3 Å². The Labute approximate surface area is 335 Å². The number of carbonyl (C=O) groups is 5. The van der Waals surface area contributed by atoms with Gasteiger partial charge >= 0.3 is 0 Å².